The fourth-order valence-corrected chi connectivity index (χ4v) is 2.05. The predicted octanol–water partition coefficient (Wildman–Crippen LogP) is 3.11. The largest absolute Gasteiger partial charge is 0.378 e. The number of carbonyl (C=O) groups is 1. The molecule has 0 heterocycles. The van der Waals surface area contributed by atoms with Crippen LogP contribution in [0, 0.1) is 21.7 Å². The molecule has 0 bridgehead atoms. The van der Waals surface area contributed by atoms with E-state index in [-0.39, 0.29) is 24.3 Å². The molecule has 0 aliphatic carbocycles. The Kier molecular flexibility index (Phi) is 6.16. The van der Waals surface area contributed by atoms with Gasteiger partial charge in [0.15, 0.2) is 0 Å². The van der Waals surface area contributed by atoms with Crippen LogP contribution >= 0.6 is 0 Å². The molecule has 2 rings (SSSR count). The quantitative estimate of drug-likeness (QED) is 0.349. The van der Waals surface area contributed by atoms with Crippen LogP contribution in [0.25, 0.3) is 6.08 Å². The molecular weight excluding hydrogens is 332 g/mol. The number of amides is 1. The Hall–Kier alpha value is -3.29. The Morgan fingerprint density at radius 2 is 1.76 bits per heavy atom. The van der Waals surface area contributed by atoms with Crippen molar-refractivity contribution in [2.24, 2.45) is 0 Å². The lowest BCUT2D eigenvalue weighted by molar-refractivity contribution is -0.384. The van der Waals surface area contributed by atoms with E-state index < -0.39 is 22.5 Å². The summed E-state index contributed by atoms with van der Waals surface area (Å²) in [5.74, 6) is -2.06. The number of nitrogens with one attached hydrogen (secondary N) is 2. The van der Waals surface area contributed by atoms with E-state index in [0.717, 1.165) is 24.3 Å². The number of hydrogen-bond donors (Lipinski definition) is 2. The fraction of sp³-hybridized carbons (Fsp3) is 0.118. The monoisotopic (exact) mass is 347 g/mol. The summed E-state index contributed by atoms with van der Waals surface area (Å²) < 4.78 is 26.8. The van der Waals surface area contributed by atoms with E-state index in [4.69, 9.17) is 0 Å². The molecule has 0 spiro atoms. The molecule has 0 aliphatic rings. The van der Waals surface area contributed by atoms with Crippen LogP contribution in [0.3, 0.4) is 0 Å². The molecule has 0 aromatic heterocycles. The standard InChI is InChI=1S/C17H15F2N3O3/c18-13-4-3-5-14(19)12(13)8-9-17(23)21-11-10-20-15-6-1-2-7-16(15)22(24)25/h1-9,20H,10-11H2,(H,21,23). The molecule has 2 aromatic rings. The maximum atomic E-state index is 13.4. The first-order valence-corrected chi connectivity index (χ1v) is 7.36. The lowest BCUT2D eigenvalue weighted by atomic mass is 10.2. The van der Waals surface area contributed by atoms with E-state index in [1.807, 2.05) is 0 Å². The lowest BCUT2D eigenvalue weighted by Crippen LogP contribution is -2.27. The van der Waals surface area contributed by atoms with E-state index >= 15 is 0 Å². The zero-order valence-electron chi connectivity index (χ0n) is 13.0. The number of nitro benzene ring substituents is 1. The second-order valence-corrected chi connectivity index (χ2v) is 4.96. The third kappa shape index (κ3) is 5.10. The Labute approximate surface area is 142 Å². The highest BCUT2D eigenvalue weighted by Crippen LogP contribution is 2.22. The van der Waals surface area contributed by atoms with Gasteiger partial charge < -0.3 is 10.6 Å². The molecule has 2 N–H and O–H groups in total. The summed E-state index contributed by atoms with van der Waals surface area (Å²) in [6.07, 6.45) is 2.07. The molecule has 0 aliphatic heterocycles. The van der Waals surface area contributed by atoms with E-state index in [1.54, 1.807) is 18.2 Å². The van der Waals surface area contributed by atoms with E-state index in [9.17, 15) is 23.7 Å². The molecule has 2 aromatic carbocycles. The van der Waals surface area contributed by atoms with Crippen LogP contribution in [-0.2, 0) is 4.79 Å². The molecule has 1 amide bonds. The average Bonchev–Trinajstić information content (AvgIpc) is 2.58. The van der Waals surface area contributed by atoms with Crippen molar-refractivity contribution in [3.05, 3.63) is 75.9 Å². The van der Waals surface area contributed by atoms with Crippen LogP contribution in [0.15, 0.2) is 48.5 Å². The van der Waals surface area contributed by atoms with Gasteiger partial charge in [-0.2, -0.15) is 0 Å². The third-order valence-electron chi connectivity index (χ3n) is 3.24. The first kappa shape index (κ1) is 18.1. The molecule has 0 unspecified atom stereocenters. The first-order valence-electron chi connectivity index (χ1n) is 7.36. The van der Waals surface area contributed by atoms with Gasteiger partial charge in [0.2, 0.25) is 5.91 Å². The number of para-hydroxylation sites is 2. The Morgan fingerprint density at radius 1 is 1.08 bits per heavy atom. The average molecular weight is 347 g/mol. The van der Waals surface area contributed by atoms with Gasteiger partial charge in [-0.3, -0.25) is 14.9 Å². The van der Waals surface area contributed by atoms with Crippen LogP contribution in [0.4, 0.5) is 20.2 Å². The normalized spacial score (nSPS) is 10.6. The van der Waals surface area contributed by atoms with Gasteiger partial charge in [0.1, 0.15) is 17.3 Å². The number of nitrogens with zero attached hydrogens (tertiary/aromatic N) is 1. The summed E-state index contributed by atoms with van der Waals surface area (Å²) in [6, 6.07) is 9.55. The molecule has 25 heavy (non-hydrogen) atoms. The van der Waals surface area contributed by atoms with Crippen LogP contribution in [0.2, 0.25) is 0 Å². The van der Waals surface area contributed by atoms with Gasteiger partial charge in [-0.1, -0.05) is 18.2 Å². The van der Waals surface area contributed by atoms with E-state index in [0.29, 0.717) is 5.69 Å². The van der Waals surface area contributed by atoms with Crippen molar-refractivity contribution < 1.29 is 18.5 Å². The topological polar surface area (TPSA) is 84.3 Å². The number of rotatable bonds is 7. The maximum Gasteiger partial charge on any atom is 0.292 e. The highest BCUT2D eigenvalue weighted by Gasteiger charge is 2.11. The summed E-state index contributed by atoms with van der Waals surface area (Å²) in [7, 11) is 0. The van der Waals surface area contributed by atoms with Crippen molar-refractivity contribution in [3.8, 4) is 0 Å². The number of hydrogen-bond acceptors (Lipinski definition) is 4. The lowest BCUT2D eigenvalue weighted by Gasteiger charge is -2.07. The summed E-state index contributed by atoms with van der Waals surface area (Å²) in [6.45, 7) is 0.424. The molecule has 6 nitrogen and oxygen atoms in total. The minimum Gasteiger partial charge on any atom is -0.378 e. The van der Waals surface area contributed by atoms with E-state index in [2.05, 4.69) is 10.6 Å². The minimum atomic E-state index is -0.762. The molecule has 130 valence electrons. The zero-order chi connectivity index (χ0) is 18.2. The van der Waals surface area contributed by atoms with Crippen molar-refractivity contribution in [3.63, 3.8) is 0 Å². The smallest absolute Gasteiger partial charge is 0.292 e. The SMILES string of the molecule is O=C(C=Cc1c(F)cccc1F)NCCNc1ccccc1[N+](=O)[O-]. The van der Waals surface area contributed by atoms with Crippen LogP contribution in [-0.4, -0.2) is 23.9 Å². The predicted molar refractivity (Wildman–Crippen MR) is 90.0 cm³/mol. The summed E-state index contributed by atoms with van der Waals surface area (Å²) in [4.78, 5) is 22.0. The van der Waals surface area contributed by atoms with Gasteiger partial charge >= 0.3 is 0 Å². The molecule has 0 saturated heterocycles. The van der Waals surface area contributed by atoms with Gasteiger partial charge in [-0.05, 0) is 24.3 Å². The van der Waals surface area contributed by atoms with Gasteiger partial charge in [-0.15, -0.1) is 0 Å². The highest BCUT2D eigenvalue weighted by molar-refractivity contribution is 5.91. The Bertz CT molecular complexity index is 789. The van der Waals surface area contributed by atoms with Crippen molar-refractivity contribution >= 4 is 23.4 Å². The maximum absolute atomic E-state index is 13.4. The summed E-state index contributed by atoms with van der Waals surface area (Å²) >= 11 is 0. The van der Waals surface area contributed by atoms with Gasteiger partial charge in [0.05, 0.1) is 4.92 Å². The molecule has 0 radical (unpaired) electrons. The van der Waals surface area contributed by atoms with Crippen molar-refractivity contribution in [2.75, 3.05) is 18.4 Å². The number of carbonyl (C=O) groups excluding carboxylic acids is 1. The summed E-state index contributed by atoms with van der Waals surface area (Å²) in [5, 5.41) is 16.2. The number of nitro groups is 1. The van der Waals surface area contributed by atoms with Crippen LogP contribution in [0.1, 0.15) is 5.56 Å². The van der Waals surface area contributed by atoms with Crippen LogP contribution < -0.4 is 10.6 Å². The zero-order valence-corrected chi connectivity index (χ0v) is 13.0. The fourth-order valence-electron chi connectivity index (χ4n) is 2.05. The number of anilines is 1. The van der Waals surface area contributed by atoms with Crippen LogP contribution in [0.5, 0.6) is 0 Å². The van der Waals surface area contributed by atoms with Crippen molar-refractivity contribution in [1.29, 1.82) is 0 Å². The Balaban J connectivity index is 1.83. The third-order valence-corrected chi connectivity index (χ3v) is 3.24. The van der Waals surface area contributed by atoms with Gasteiger partial charge in [0, 0.05) is 30.8 Å². The molecular formula is C17H15F2N3O3. The van der Waals surface area contributed by atoms with E-state index in [1.165, 1.54) is 12.1 Å². The second kappa shape index (κ2) is 8.53. The molecule has 8 heteroatoms. The van der Waals surface area contributed by atoms with Gasteiger partial charge in [-0.25, -0.2) is 8.78 Å². The Morgan fingerprint density at radius 3 is 2.44 bits per heavy atom. The van der Waals surface area contributed by atoms with Gasteiger partial charge in [0.25, 0.3) is 5.69 Å². The first-order chi connectivity index (χ1) is 12.0. The number of benzene rings is 2. The highest BCUT2D eigenvalue weighted by atomic mass is 19.1. The second-order valence-electron chi connectivity index (χ2n) is 4.96. The molecule has 0 atom stereocenters. The van der Waals surface area contributed by atoms with Crippen molar-refractivity contribution in [1.82, 2.24) is 5.32 Å². The molecule has 0 fully saturated rings. The summed E-state index contributed by atoms with van der Waals surface area (Å²) in [5.41, 5.74) is -0.0230. The minimum absolute atomic E-state index is 0.0660. The molecule has 0 saturated carbocycles. The number of halogens is 2. The van der Waals surface area contributed by atoms with Crippen molar-refractivity contribution in [2.45, 2.75) is 0 Å².